The van der Waals surface area contributed by atoms with Crippen molar-refractivity contribution in [2.75, 3.05) is 32.2 Å². The van der Waals surface area contributed by atoms with Crippen molar-refractivity contribution in [3.8, 4) is 5.75 Å². The van der Waals surface area contributed by atoms with Gasteiger partial charge in [-0.2, -0.15) is 0 Å². The maximum atomic E-state index is 11.7. The molecule has 1 atom stereocenters. The third-order valence-electron chi connectivity index (χ3n) is 3.06. The van der Waals surface area contributed by atoms with Gasteiger partial charge in [0.2, 0.25) is 0 Å². The zero-order chi connectivity index (χ0) is 13.7. The molecule has 0 aliphatic carbocycles. The number of nitrogen functional groups attached to an aromatic ring is 1. The highest BCUT2D eigenvalue weighted by Crippen LogP contribution is 2.27. The van der Waals surface area contributed by atoms with Crippen LogP contribution in [-0.2, 0) is 9.47 Å². The number of para-hydroxylation sites is 1. The Bertz CT molecular complexity index is 441. The Morgan fingerprint density at radius 1 is 1.53 bits per heavy atom. The highest BCUT2D eigenvalue weighted by molar-refractivity contribution is 5.96. The lowest BCUT2D eigenvalue weighted by molar-refractivity contribution is 0.0527. The second-order valence-corrected chi connectivity index (χ2v) is 4.48. The minimum atomic E-state index is -0.422. The number of carbonyl (C=O) groups is 1. The van der Waals surface area contributed by atoms with E-state index in [0.717, 1.165) is 19.6 Å². The molecule has 1 fully saturated rings. The Kier molecular flexibility index (Phi) is 4.63. The van der Waals surface area contributed by atoms with Crippen molar-refractivity contribution in [1.82, 2.24) is 0 Å². The van der Waals surface area contributed by atoms with Gasteiger partial charge in [-0.15, -0.1) is 0 Å². The van der Waals surface area contributed by atoms with Crippen LogP contribution in [0.25, 0.3) is 0 Å². The normalized spacial score (nSPS) is 18.3. The number of ether oxygens (including phenoxy) is 3. The van der Waals surface area contributed by atoms with Gasteiger partial charge in [-0.25, -0.2) is 4.79 Å². The molecule has 5 nitrogen and oxygen atoms in total. The molecule has 104 valence electrons. The van der Waals surface area contributed by atoms with E-state index in [0.29, 0.717) is 36.1 Å². The lowest BCUT2D eigenvalue weighted by atomic mass is 10.1. The number of nitrogens with two attached hydrogens (primary N) is 1. The van der Waals surface area contributed by atoms with Crippen LogP contribution in [0.5, 0.6) is 5.75 Å². The lowest BCUT2D eigenvalue weighted by Crippen LogP contribution is -2.14. The smallest absolute Gasteiger partial charge is 0.340 e. The van der Waals surface area contributed by atoms with Crippen LogP contribution in [0.1, 0.15) is 23.7 Å². The molecule has 1 aromatic carbocycles. The first-order valence-corrected chi connectivity index (χ1v) is 6.48. The molecular weight excluding hydrogens is 246 g/mol. The standard InChI is InChI=1S/C14H19NO4/c1-2-18-14(16)11-4-3-5-12(13(11)15)19-9-10-6-7-17-8-10/h3-5,10H,2,6-9,15H2,1H3. The first kappa shape index (κ1) is 13.7. The van der Waals surface area contributed by atoms with Crippen LogP contribution in [-0.4, -0.2) is 32.4 Å². The van der Waals surface area contributed by atoms with E-state index >= 15 is 0 Å². The largest absolute Gasteiger partial charge is 0.491 e. The van der Waals surface area contributed by atoms with Crippen molar-refractivity contribution in [3.63, 3.8) is 0 Å². The summed E-state index contributed by atoms with van der Waals surface area (Å²) in [6, 6.07) is 5.13. The van der Waals surface area contributed by atoms with Gasteiger partial charge >= 0.3 is 5.97 Å². The van der Waals surface area contributed by atoms with Crippen molar-refractivity contribution in [2.45, 2.75) is 13.3 Å². The van der Waals surface area contributed by atoms with Crippen molar-refractivity contribution in [2.24, 2.45) is 5.92 Å². The van der Waals surface area contributed by atoms with Crippen molar-refractivity contribution in [1.29, 1.82) is 0 Å². The molecule has 1 aliphatic heterocycles. The maximum Gasteiger partial charge on any atom is 0.340 e. The molecule has 0 radical (unpaired) electrons. The second kappa shape index (κ2) is 6.43. The predicted octanol–water partition coefficient (Wildman–Crippen LogP) is 1.86. The summed E-state index contributed by atoms with van der Waals surface area (Å²) < 4.78 is 15.9. The Labute approximate surface area is 112 Å². The van der Waals surface area contributed by atoms with Crippen LogP contribution < -0.4 is 10.5 Å². The molecule has 2 N–H and O–H groups in total. The summed E-state index contributed by atoms with van der Waals surface area (Å²) in [5.41, 5.74) is 6.62. The van der Waals surface area contributed by atoms with Gasteiger partial charge in [-0.1, -0.05) is 6.07 Å². The van der Waals surface area contributed by atoms with Gasteiger partial charge in [0, 0.05) is 12.5 Å². The van der Waals surface area contributed by atoms with Crippen molar-refractivity contribution >= 4 is 11.7 Å². The molecule has 0 spiro atoms. The zero-order valence-corrected chi connectivity index (χ0v) is 11.1. The first-order chi connectivity index (χ1) is 9.22. The molecule has 1 aromatic rings. The quantitative estimate of drug-likeness (QED) is 0.650. The number of esters is 1. The highest BCUT2D eigenvalue weighted by atomic mass is 16.5. The van der Waals surface area contributed by atoms with E-state index in [1.165, 1.54) is 0 Å². The Morgan fingerprint density at radius 3 is 3.05 bits per heavy atom. The van der Waals surface area contributed by atoms with E-state index in [1.807, 2.05) is 0 Å². The van der Waals surface area contributed by atoms with Crippen LogP contribution >= 0.6 is 0 Å². The molecule has 5 heteroatoms. The molecule has 0 amide bonds. The summed E-state index contributed by atoms with van der Waals surface area (Å²) in [5.74, 6) is 0.498. The van der Waals surface area contributed by atoms with E-state index < -0.39 is 5.97 Å². The minimum absolute atomic E-state index is 0.322. The number of carbonyl (C=O) groups excluding carboxylic acids is 1. The van der Waals surface area contributed by atoms with E-state index in [2.05, 4.69) is 0 Å². The minimum Gasteiger partial charge on any atom is -0.491 e. The first-order valence-electron chi connectivity index (χ1n) is 6.48. The predicted molar refractivity (Wildman–Crippen MR) is 71.2 cm³/mol. The zero-order valence-electron chi connectivity index (χ0n) is 11.1. The van der Waals surface area contributed by atoms with Crippen LogP contribution in [0.15, 0.2) is 18.2 Å². The van der Waals surface area contributed by atoms with Crippen molar-refractivity contribution in [3.05, 3.63) is 23.8 Å². The summed E-state index contributed by atoms with van der Waals surface area (Å²) >= 11 is 0. The fourth-order valence-electron chi connectivity index (χ4n) is 1.98. The summed E-state index contributed by atoms with van der Waals surface area (Å²) in [7, 11) is 0. The molecule has 2 rings (SSSR count). The van der Waals surface area contributed by atoms with E-state index in [9.17, 15) is 4.79 Å². The highest BCUT2D eigenvalue weighted by Gasteiger charge is 2.18. The molecule has 1 heterocycles. The van der Waals surface area contributed by atoms with Gasteiger partial charge in [0.25, 0.3) is 0 Å². The third kappa shape index (κ3) is 3.38. The molecule has 19 heavy (non-hydrogen) atoms. The number of rotatable bonds is 5. The van der Waals surface area contributed by atoms with Gasteiger partial charge in [0.05, 0.1) is 31.1 Å². The Balaban J connectivity index is 2.03. The Hall–Kier alpha value is -1.75. The fourth-order valence-corrected chi connectivity index (χ4v) is 1.98. The third-order valence-corrected chi connectivity index (χ3v) is 3.06. The van der Waals surface area contributed by atoms with E-state index in [1.54, 1.807) is 25.1 Å². The average Bonchev–Trinajstić information content (AvgIpc) is 2.91. The number of hydrogen-bond donors (Lipinski definition) is 1. The molecule has 1 aliphatic rings. The van der Waals surface area contributed by atoms with Crippen molar-refractivity contribution < 1.29 is 19.0 Å². The molecule has 0 bridgehead atoms. The lowest BCUT2D eigenvalue weighted by Gasteiger charge is -2.14. The van der Waals surface area contributed by atoms with Crippen LogP contribution in [0.4, 0.5) is 5.69 Å². The van der Waals surface area contributed by atoms with Crippen LogP contribution in [0, 0.1) is 5.92 Å². The van der Waals surface area contributed by atoms with E-state index in [-0.39, 0.29) is 0 Å². The average molecular weight is 265 g/mol. The number of hydrogen-bond acceptors (Lipinski definition) is 5. The fraction of sp³-hybridized carbons (Fsp3) is 0.500. The topological polar surface area (TPSA) is 70.8 Å². The number of anilines is 1. The molecule has 1 unspecified atom stereocenters. The summed E-state index contributed by atoms with van der Waals surface area (Å²) in [6.07, 6.45) is 0.997. The molecular formula is C14H19NO4. The van der Waals surface area contributed by atoms with Gasteiger partial charge in [0.1, 0.15) is 5.75 Å². The van der Waals surface area contributed by atoms with Gasteiger partial charge < -0.3 is 19.9 Å². The molecule has 0 saturated carbocycles. The Morgan fingerprint density at radius 2 is 2.37 bits per heavy atom. The second-order valence-electron chi connectivity index (χ2n) is 4.48. The summed E-state index contributed by atoms with van der Waals surface area (Å²) in [6.45, 7) is 4.14. The van der Waals surface area contributed by atoms with E-state index in [4.69, 9.17) is 19.9 Å². The summed E-state index contributed by atoms with van der Waals surface area (Å²) in [5, 5.41) is 0. The monoisotopic (exact) mass is 265 g/mol. The van der Waals surface area contributed by atoms with Gasteiger partial charge in [0.15, 0.2) is 0 Å². The molecule has 1 saturated heterocycles. The van der Waals surface area contributed by atoms with Gasteiger partial charge in [-0.3, -0.25) is 0 Å². The molecule has 0 aromatic heterocycles. The number of benzene rings is 1. The maximum absolute atomic E-state index is 11.7. The van der Waals surface area contributed by atoms with Crippen LogP contribution in [0.3, 0.4) is 0 Å². The van der Waals surface area contributed by atoms with Crippen LogP contribution in [0.2, 0.25) is 0 Å². The SMILES string of the molecule is CCOC(=O)c1cccc(OCC2CCOC2)c1N. The summed E-state index contributed by atoms with van der Waals surface area (Å²) in [4.78, 5) is 11.7. The van der Waals surface area contributed by atoms with Gasteiger partial charge in [-0.05, 0) is 25.5 Å².